The van der Waals surface area contributed by atoms with Gasteiger partial charge < -0.3 is 5.32 Å². The van der Waals surface area contributed by atoms with E-state index in [1.807, 2.05) is 24.3 Å². The van der Waals surface area contributed by atoms with Gasteiger partial charge >= 0.3 is 6.18 Å². The zero-order chi connectivity index (χ0) is 21.5. The molecular weight excluding hydrogens is 413 g/mol. The molecule has 156 valence electrons. The predicted molar refractivity (Wildman–Crippen MR) is 113 cm³/mol. The molecule has 1 aliphatic carbocycles. The molecule has 0 spiro atoms. The van der Waals surface area contributed by atoms with Gasteiger partial charge in [-0.1, -0.05) is 30.4 Å². The molecule has 4 rings (SSSR count). The summed E-state index contributed by atoms with van der Waals surface area (Å²) in [5.74, 6) is -1.76. The van der Waals surface area contributed by atoms with Crippen molar-refractivity contribution in [2.75, 3.05) is 7.05 Å². The SMILES string of the molecule is CN=C1NC(=O)S/C1=C\c1ccc2nn(C(C)C3C=CC=CC3C(F)(F)F)cc2c1. The van der Waals surface area contributed by atoms with Crippen molar-refractivity contribution in [3.8, 4) is 0 Å². The van der Waals surface area contributed by atoms with E-state index in [-0.39, 0.29) is 5.24 Å². The molecule has 1 amide bonds. The van der Waals surface area contributed by atoms with E-state index >= 15 is 0 Å². The molecule has 3 unspecified atom stereocenters. The zero-order valence-corrected chi connectivity index (χ0v) is 17.0. The van der Waals surface area contributed by atoms with Crippen molar-refractivity contribution < 1.29 is 18.0 Å². The number of rotatable bonds is 3. The second-order valence-corrected chi connectivity index (χ2v) is 8.19. The highest BCUT2D eigenvalue weighted by Gasteiger charge is 2.45. The molecule has 0 radical (unpaired) electrons. The molecule has 0 bridgehead atoms. The van der Waals surface area contributed by atoms with Gasteiger partial charge in [0.15, 0.2) is 0 Å². The Bertz CT molecular complexity index is 1110. The third-order valence-electron chi connectivity index (χ3n) is 5.25. The number of carbonyl (C=O) groups excluding carboxylic acids is 1. The molecule has 0 saturated carbocycles. The van der Waals surface area contributed by atoms with Crippen molar-refractivity contribution in [2.24, 2.45) is 16.8 Å². The van der Waals surface area contributed by atoms with Crippen LogP contribution >= 0.6 is 11.8 Å². The first kappa shape index (κ1) is 20.5. The normalized spacial score (nSPS) is 25.4. The van der Waals surface area contributed by atoms with Crippen molar-refractivity contribution in [3.05, 3.63) is 59.2 Å². The first-order chi connectivity index (χ1) is 14.3. The fraction of sp³-hybridized carbons (Fsp3) is 0.286. The highest BCUT2D eigenvalue weighted by Crippen LogP contribution is 2.41. The summed E-state index contributed by atoms with van der Waals surface area (Å²) in [6.07, 6.45) is 5.19. The van der Waals surface area contributed by atoms with E-state index in [2.05, 4.69) is 15.4 Å². The van der Waals surface area contributed by atoms with Gasteiger partial charge in [-0.15, -0.1) is 0 Å². The van der Waals surface area contributed by atoms with E-state index < -0.39 is 24.1 Å². The smallest absolute Gasteiger partial charge is 0.300 e. The van der Waals surface area contributed by atoms with Crippen LogP contribution < -0.4 is 5.32 Å². The number of nitrogens with one attached hydrogen (secondary N) is 1. The van der Waals surface area contributed by atoms with Crippen LogP contribution in [0.15, 0.2) is 58.6 Å². The van der Waals surface area contributed by atoms with E-state index in [9.17, 15) is 18.0 Å². The van der Waals surface area contributed by atoms with E-state index in [4.69, 9.17) is 0 Å². The lowest BCUT2D eigenvalue weighted by Crippen LogP contribution is -2.33. The van der Waals surface area contributed by atoms with Gasteiger partial charge in [0, 0.05) is 24.5 Å². The predicted octanol–water partition coefficient (Wildman–Crippen LogP) is 5.34. The van der Waals surface area contributed by atoms with E-state index in [0.717, 1.165) is 27.6 Å². The number of alkyl halides is 3. The number of aliphatic imine (C=N–C) groups is 1. The molecule has 2 aliphatic rings. The van der Waals surface area contributed by atoms with Gasteiger partial charge in [0.1, 0.15) is 5.84 Å². The molecule has 1 aromatic heterocycles. The van der Waals surface area contributed by atoms with Crippen molar-refractivity contribution in [3.63, 3.8) is 0 Å². The van der Waals surface area contributed by atoms with E-state index in [1.54, 1.807) is 37.0 Å². The summed E-state index contributed by atoms with van der Waals surface area (Å²) in [5, 5.41) is 7.79. The molecule has 3 atom stereocenters. The van der Waals surface area contributed by atoms with E-state index in [1.165, 1.54) is 12.2 Å². The van der Waals surface area contributed by atoms with Crippen LogP contribution in [0.4, 0.5) is 18.0 Å². The standard InChI is InChI=1S/C21H19F3N4OS/c1-12(15-5-3-4-6-16(15)21(22,23)24)28-11-14-9-13(7-8-17(14)27-28)10-18-19(25-2)26-20(29)30-18/h3-12,15-16H,1-2H3,(H,25,26,29)/b18-10-. The summed E-state index contributed by atoms with van der Waals surface area (Å²) >= 11 is 1.07. The van der Waals surface area contributed by atoms with Crippen LogP contribution in [0.25, 0.3) is 17.0 Å². The maximum atomic E-state index is 13.4. The summed E-state index contributed by atoms with van der Waals surface area (Å²) in [5.41, 5.74) is 1.55. The minimum atomic E-state index is -4.31. The fourth-order valence-corrected chi connectivity index (χ4v) is 4.48. The molecule has 2 aromatic rings. The number of hydrogen-bond donors (Lipinski definition) is 1. The Morgan fingerprint density at radius 2 is 2.07 bits per heavy atom. The molecular formula is C21H19F3N4OS. The van der Waals surface area contributed by atoms with Crippen LogP contribution in [0.2, 0.25) is 0 Å². The van der Waals surface area contributed by atoms with Crippen LogP contribution in [-0.2, 0) is 0 Å². The zero-order valence-electron chi connectivity index (χ0n) is 16.2. The third-order valence-corrected chi connectivity index (χ3v) is 6.07. The second-order valence-electron chi connectivity index (χ2n) is 7.18. The Morgan fingerprint density at radius 1 is 1.30 bits per heavy atom. The summed E-state index contributed by atoms with van der Waals surface area (Å²) < 4.78 is 41.9. The number of halogens is 3. The number of hydrogen-bond acceptors (Lipinski definition) is 4. The number of amides is 1. The maximum absolute atomic E-state index is 13.4. The number of benzene rings is 1. The van der Waals surface area contributed by atoms with Crippen LogP contribution in [0, 0.1) is 11.8 Å². The third kappa shape index (κ3) is 3.94. The summed E-state index contributed by atoms with van der Waals surface area (Å²) in [6, 6.07) is 5.10. The molecule has 1 saturated heterocycles. The lowest BCUT2D eigenvalue weighted by Gasteiger charge is -2.30. The average molecular weight is 432 g/mol. The Morgan fingerprint density at radius 3 is 2.80 bits per heavy atom. The number of carbonyl (C=O) groups is 1. The molecule has 1 N–H and O–H groups in total. The molecule has 9 heteroatoms. The lowest BCUT2D eigenvalue weighted by atomic mass is 9.83. The number of nitrogens with zero attached hydrogens (tertiary/aromatic N) is 3. The minimum Gasteiger partial charge on any atom is -0.300 e. The van der Waals surface area contributed by atoms with Crippen molar-refractivity contribution in [2.45, 2.75) is 19.1 Å². The molecule has 1 aliphatic heterocycles. The molecule has 30 heavy (non-hydrogen) atoms. The van der Waals surface area contributed by atoms with Gasteiger partial charge in [-0.3, -0.25) is 14.5 Å². The van der Waals surface area contributed by atoms with Crippen molar-refractivity contribution >= 4 is 39.8 Å². The number of aromatic nitrogens is 2. The Balaban J connectivity index is 1.63. The highest BCUT2D eigenvalue weighted by atomic mass is 32.2. The first-order valence-electron chi connectivity index (χ1n) is 9.34. The van der Waals surface area contributed by atoms with Gasteiger partial charge in [0.05, 0.1) is 22.4 Å². The molecule has 5 nitrogen and oxygen atoms in total. The fourth-order valence-electron chi connectivity index (χ4n) is 3.70. The number of fused-ring (bicyclic) bond motifs is 1. The van der Waals surface area contributed by atoms with Gasteiger partial charge in [-0.2, -0.15) is 18.3 Å². The largest absolute Gasteiger partial charge is 0.395 e. The van der Waals surface area contributed by atoms with Crippen molar-refractivity contribution in [1.82, 2.24) is 15.1 Å². The first-order valence-corrected chi connectivity index (χ1v) is 10.2. The Hall–Kier alpha value is -2.81. The minimum absolute atomic E-state index is 0.182. The van der Waals surface area contributed by atoms with Gasteiger partial charge in [0.2, 0.25) is 0 Å². The molecule has 2 heterocycles. The van der Waals surface area contributed by atoms with Crippen LogP contribution in [0.3, 0.4) is 0 Å². The quantitative estimate of drug-likeness (QED) is 0.712. The number of thioether (sulfide) groups is 1. The summed E-state index contributed by atoms with van der Waals surface area (Å²) in [7, 11) is 1.60. The Kier molecular flexibility index (Phi) is 5.31. The topological polar surface area (TPSA) is 59.3 Å². The lowest BCUT2D eigenvalue weighted by molar-refractivity contribution is -0.173. The highest BCUT2D eigenvalue weighted by molar-refractivity contribution is 8.18. The number of amidine groups is 1. The van der Waals surface area contributed by atoms with Gasteiger partial charge in [0.25, 0.3) is 5.24 Å². The van der Waals surface area contributed by atoms with Crippen LogP contribution in [0.5, 0.6) is 0 Å². The summed E-state index contributed by atoms with van der Waals surface area (Å²) in [4.78, 5) is 16.4. The summed E-state index contributed by atoms with van der Waals surface area (Å²) in [6.45, 7) is 1.75. The second kappa shape index (κ2) is 7.79. The average Bonchev–Trinajstić information content (AvgIpc) is 3.29. The van der Waals surface area contributed by atoms with Gasteiger partial charge in [-0.05, 0) is 42.5 Å². The van der Waals surface area contributed by atoms with Crippen LogP contribution in [-0.4, -0.2) is 34.1 Å². The molecule has 1 aromatic carbocycles. The van der Waals surface area contributed by atoms with Gasteiger partial charge in [-0.25, -0.2) is 0 Å². The van der Waals surface area contributed by atoms with Crippen molar-refractivity contribution in [1.29, 1.82) is 0 Å². The van der Waals surface area contributed by atoms with Crippen LogP contribution in [0.1, 0.15) is 18.5 Å². The molecule has 1 fully saturated rings. The monoisotopic (exact) mass is 432 g/mol. The maximum Gasteiger partial charge on any atom is 0.395 e. The van der Waals surface area contributed by atoms with E-state index in [0.29, 0.717) is 11.4 Å². The Labute approximate surface area is 175 Å². The number of allylic oxidation sites excluding steroid dienone is 4.